The van der Waals surface area contributed by atoms with Gasteiger partial charge in [-0.05, 0) is 25.0 Å². The third-order valence-electron chi connectivity index (χ3n) is 3.51. The van der Waals surface area contributed by atoms with Crippen LogP contribution in [0.2, 0.25) is 0 Å². The van der Waals surface area contributed by atoms with Crippen molar-refractivity contribution in [2.24, 2.45) is 0 Å². The van der Waals surface area contributed by atoms with Crippen LogP contribution in [0.15, 0.2) is 24.5 Å². The van der Waals surface area contributed by atoms with Crippen LogP contribution in [0.1, 0.15) is 46.7 Å². The fourth-order valence-corrected chi connectivity index (χ4v) is 2.70. The van der Waals surface area contributed by atoms with Gasteiger partial charge in [-0.1, -0.05) is 13.0 Å². The lowest BCUT2D eigenvalue weighted by Gasteiger charge is -2.25. The molecule has 1 atom stereocenters. The number of rotatable bonds is 3. The van der Waals surface area contributed by atoms with Crippen molar-refractivity contribution in [3.8, 4) is 0 Å². The molecule has 1 aliphatic rings. The van der Waals surface area contributed by atoms with Gasteiger partial charge in [0.25, 0.3) is 5.91 Å². The van der Waals surface area contributed by atoms with Gasteiger partial charge < -0.3 is 4.90 Å². The number of aromatic nitrogens is 3. The number of fused-ring (bicyclic) bond motifs is 1. The molecule has 3 rings (SSSR count). The van der Waals surface area contributed by atoms with Crippen LogP contribution in [-0.2, 0) is 0 Å². The Morgan fingerprint density at radius 2 is 2.32 bits per heavy atom. The number of carbonyl (C=O) groups is 1. The van der Waals surface area contributed by atoms with Crippen LogP contribution in [0, 0.1) is 6.92 Å². The molecule has 5 nitrogen and oxygen atoms in total. The monoisotopic (exact) mass is 256 g/mol. The van der Waals surface area contributed by atoms with Crippen LogP contribution in [0.5, 0.6) is 0 Å². The van der Waals surface area contributed by atoms with E-state index in [1.807, 2.05) is 30.2 Å². The highest BCUT2D eigenvalue weighted by molar-refractivity contribution is 5.98. The van der Waals surface area contributed by atoms with Crippen molar-refractivity contribution in [2.75, 3.05) is 6.54 Å². The average Bonchev–Trinajstić information content (AvgIpc) is 2.93. The zero-order valence-electron chi connectivity index (χ0n) is 11.1. The third-order valence-corrected chi connectivity index (χ3v) is 3.51. The zero-order chi connectivity index (χ0) is 13.4. The van der Waals surface area contributed by atoms with Gasteiger partial charge in [0.05, 0.1) is 6.04 Å². The number of hydrogen-bond donors (Lipinski definition) is 1. The van der Waals surface area contributed by atoms with E-state index in [2.05, 4.69) is 22.1 Å². The van der Waals surface area contributed by atoms with E-state index in [0.717, 1.165) is 29.8 Å². The SMILES string of the molecule is CCCN1C(=O)c2n[nH]c(C)c2C1c1cccnc1. The molecule has 0 saturated carbocycles. The van der Waals surface area contributed by atoms with E-state index in [1.165, 1.54) is 0 Å². The molecule has 0 aliphatic carbocycles. The molecule has 19 heavy (non-hydrogen) atoms. The van der Waals surface area contributed by atoms with Gasteiger partial charge in [-0.25, -0.2) is 0 Å². The summed E-state index contributed by atoms with van der Waals surface area (Å²) in [5, 5.41) is 7.06. The summed E-state index contributed by atoms with van der Waals surface area (Å²) >= 11 is 0. The maximum atomic E-state index is 12.4. The highest BCUT2D eigenvalue weighted by Gasteiger charge is 2.40. The van der Waals surface area contributed by atoms with Crippen molar-refractivity contribution in [1.29, 1.82) is 0 Å². The average molecular weight is 256 g/mol. The van der Waals surface area contributed by atoms with E-state index < -0.39 is 0 Å². The first kappa shape index (κ1) is 11.9. The normalized spacial score (nSPS) is 17.9. The van der Waals surface area contributed by atoms with Crippen molar-refractivity contribution in [2.45, 2.75) is 26.3 Å². The van der Waals surface area contributed by atoms with Gasteiger partial charge in [-0.2, -0.15) is 5.10 Å². The van der Waals surface area contributed by atoms with Crippen molar-refractivity contribution in [3.63, 3.8) is 0 Å². The lowest BCUT2D eigenvalue weighted by molar-refractivity contribution is 0.0743. The topological polar surface area (TPSA) is 61.9 Å². The Morgan fingerprint density at radius 3 is 3.00 bits per heavy atom. The molecule has 0 saturated heterocycles. The molecule has 0 bridgehead atoms. The molecule has 1 unspecified atom stereocenters. The molecule has 98 valence electrons. The summed E-state index contributed by atoms with van der Waals surface area (Å²) < 4.78 is 0. The van der Waals surface area contributed by atoms with Crippen molar-refractivity contribution in [3.05, 3.63) is 47.0 Å². The Hall–Kier alpha value is -2.17. The number of aryl methyl sites for hydroxylation is 1. The van der Waals surface area contributed by atoms with Gasteiger partial charge in [-0.3, -0.25) is 14.9 Å². The van der Waals surface area contributed by atoms with Gasteiger partial charge in [0.2, 0.25) is 0 Å². The maximum Gasteiger partial charge on any atom is 0.275 e. The summed E-state index contributed by atoms with van der Waals surface area (Å²) in [6.45, 7) is 4.76. The second-order valence-electron chi connectivity index (χ2n) is 4.80. The van der Waals surface area contributed by atoms with E-state index in [4.69, 9.17) is 0 Å². The Bertz CT molecular complexity index is 605. The van der Waals surface area contributed by atoms with Gasteiger partial charge in [-0.15, -0.1) is 0 Å². The number of amides is 1. The fraction of sp³-hybridized carbons (Fsp3) is 0.357. The quantitative estimate of drug-likeness (QED) is 0.914. The number of H-pyrrole nitrogens is 1. The van der Waals surface area contributed by atoms with E-state index in [9.17, 15) is 4.79 Å². The second-order valence-corrected chi connectivity index (χ2v) is 4.80. The molecule has 0 radical (unpaired) electrons. The molecule has 5 heteroatoms. The van der Waals surface area contributed by atoms with Crippen LogP contribution in [0.4, 0.5) is 0 Å². The van der Waals surface area contributed by atoms with Crippen LogP contribution < -0.4 is 0 Å². The molecule has 2 aromatic heterocycles. The summed E-state index contributed by atoms with van der Waals surface area (Å²) in [6, 6.07) is 3.85. The second kappa shape index (κ2) is 4.50. The Morgan fingerprint density at radius 1 is 1.47 bits per heavy atom. The number of nitrogens with one attached hydrogen (secondary N) is 1. The Labute approximate surface area is 111 Å². The Kier molecular flexibility index (Phi) is 2.81. The summed E-state index contributed by atoms with van der Waals surface area (Å²) in [7, 11) is 0. The molecular formula is C14H16N4O. The van der Waals surface area contributed by atoms with Gasteiger partial charge in [0.15, 0.2) is 5.69 Å². The first-order chi connectivity index (χ1) is 9.24. The minimum atomic E-state index is -0.0603. The molecule has 1 aliphatic heterocycles. The standard InChI is InChI=1S/C14H16N4O/c1-3-7-18-13(10-5-4-6-15-8-10)11-9(2)16-17-12(11)14(18)19/h4-6,8,13H,3,7H2,1-2H3,(H,16,17). The molecule has 1 amide bonds. The first-order valence-electron chi connectivity index (χ1n) is 6.49. The minimum absolute atomic E-state index is 0.00931. The van der Waals surface area contributed by atoms with Crippen LogP contribution in [0.25, 0.3) is 0 Å². The summed E-state index contributed by atoms with van der Waals surface area (Å²) in [6.07, 6.45) is 4.49. The smallest absolute Gasteiger partial charge is 0.275 e. The lowest BCUT2D eigenvalue weighted by Crippen LogP contribution is -2.30. The Balaban J connectivity index is 2.13. The van der Waals surface area contributed by atoms with E-state index >= 15 is 0 Å². The van der Waals surface area contributed by atoms with Crippen molar-refractivity contribution >= 4 is 5.91 Å². The fourth-order valence-electron chi connectivity index (χ4n) is 2.70. The third kappa shape index (κ3) is 1.73. The number of nitrogens with zero attached hydrogens (tertiary/aromatic N) is 3. The highest BCUT2D eigenvalue weighted by atomic mass is 16.2. The summed E-state index contributed by atoms with van der Waals surface area (Å²) in [4.78, 5) is 18.5. The molecule has 0 spiro atoms. The number of carbonyl (C=O) groups excluding carboxylic acids is 1. The zero-order valence-corrected chi connectivity index (χ0v) is 11.1. The first-order valence-corrected chi connectivity index (χ1v) is 6.49. The maximum absolute atomic E-state index is 12.4. The van der Waals surface area contributed by atoms with Gasteiger partial charge >= 0.3 is 0 Å². The predicted octanol–water partition coefficient (Wildman–Crippen LogP) is 2.07. The molecular weight excluding hydrogens is 240 g/mol. The van der Waals surface area contributed by atoms with E-state index in [1.54, 1.807) is 6.20 Å². The van der Waals surface area contributed by atoms with E-state index in [-0.39, 0.29) is 11.9 Å². The van der Waals surface area contributed by atoms with Crippen molar-refractivity contribution < 1.29 is 4.79 Å². The van der Waals surface area contributed by atoms with E-state index in [0.29, 0.717) is 5.69 Å². The predicted molar refractivity (Wildman–Crippen MR) is 70.7 cm³/mol. The molecule has 0 aromatic carbocycles. The number of hydrogen-bond acceptors (Lipinski definition) is 3. The number of aromatic amines is 1. The summed E-state index contributed by atoms with van der Waals surface area (Å²) in [5.74, 6) is 0.00931. The minimum Gasteiger partial charge on any atom is -0.326 e. The molecule has 2 aromatic rings. The van der Waals surface area contributed by atoms with Crippen molar-refractivity contribution in [1.82, 2.24) is 20.1 Å². The molecule has 1 N–H and O–H groups in total. The van der Waals surface area contributed by atoms with Crippen LogP contribution >= 0.6 is 0 Å². The molecule has 3 heterocycles. The van der Waals surface area contributed by atoms with Gasteiger partial charge in [0.1, 0.15) is 0 Å². The molecule has 0 fully saturated rings. The van der Waals surface area contributed by atoms with Crippen LogP contribution in [-0.4, -0.2) is 32.5 Å². The highest BCUT2D eigenvalue weighted by Crippen LogP contribution is 2.38. The summed E-state index contributed by atoms with van der Waals surface area (Å²) in [5.41, 5.74) is 3.54. The van der Waals surface area contributed by atoms with Crippen LogP contribution in [0.3, 0.4) is 0 Å². The lowest BCUT2D eigenvalue weighted by atomic mass is 10.0. The number of pyridine rings is 1. The largest absolute Gasteiger partial charge is 0.326 e. The van der Waals surface area contributed by atoms with Gasteiger partial charge in [0, 0.05) is 30.2 Å².